The SMILES string of the molecule is CC1(C)CCCN(c2ncccn2)CC1. The van der Waals surface area contributed by atoms with E-state index in [1.165, 1.54) is 19.3 Å². The van der Waals surface area contributed by atoms with E-state index in [1.54, 1.807) is 0 Å². The highest BCUT2D eigenvalue weighted by atomic mass is 15.2. The van der Waals surface area contributed by atoms with Gasteiger partial charge in [-0.25, -0.2) is 9.97 Å². The first kappa shape index (κ1) is 10.4. The highest BCUT2D eigenvalue weighted by molar-refractivity contribution is 5.28. The van der Waals surface area contributed by atoms with Gasteiger partial charge in [0.15, 0.2) is 0 Å². The molecule has 82 valence electrons. The lowest BCUT2D eigenvalue weighted by atomic mass is 9.85. The zero-order valence-electron chi connectivity index (χ0n) is 9.61. The molecule has 0 radical (unpaired) electrons. The van der Waals surface area contributed by atoms with E-state index in [9.17, 15) is 0 Å². The van der Waals surface area contributed by atoms with Gasteiger partial charge >= 0.3 is 0 Å². The molecule has 1 aromatic heterocycles. The summed E-state index contributed by atoms with van der Waals surface area (Å²) < 4.78 is 0. The van der Waals surface area contributed by atoms with Gasteiger partial charge < -0.3 is 4.90 Å². The van der Waals surface area contributed by atoms with Crippen molar-refractivity contribution in [3.05, 3.63) is 18.5 Å². The molecule has 1 saturated heterocycles. The predicted molar refractivity (Wildman–Crippen MR) is 61.9 cm³/mol. The summed E-state index contributed by atoms with van der Waals surface area (Å²) in [4.78, 5) is 10.9. The average molecular weight is 205 g/mol. The summed E-state index contributed by atoms with van der Waals surface area (Å²) >= 11 is 0. The molecule has 0 unspecified atom stereocenters. The first-order valence-corrected chi connectivity index (χ1v) is 5.69. The maximum atomic E-state index is 4.31. The monoisotopic (exact) mass is 205 g/mol. The van der Waals surface area contributed by atoms with Crippen molar-refractivity contribution in [3.63, 3.8) is 0 Å². The summed E-state index contributed by atoms with van der Waals surface area (Å²) in [7, 11) is 0. The summed E-state index contributed by atoms with van der Waals surface area (Å²) in [5, 5.41) is 0. The van der Waals surface area contributed by atoms with E-state index in [0.29, 0.717) is 5.41 Å². The Hall–Kier alpha value is -1.12. The molecule has 3 nitrogen and oxygen atoms in total. The minimum Gasteiger partial charge on any atom is -0.341 e. The molecular weight excluding hydrogens is 186 g/mol. The molecule has 15 heavy (non-hydrogen) atoms. The second-order valence-electron chi connectivity index (χ2n) is 5.05. The number of hydrogen-bond donors (Lipinski definition) is 0. The summed E-state index contributed by atoms with van der Waals surface area (Å²) in [6.45, 7) is 6.87. The van der Waals surface area contributed by atoms with E-state index in [4.69, 9.17) is 0 Å². The van der Waals surface area contributed by atoms with Gasteiger partial charge in [0.2, 0.25) is 5.95 Å². The molecule has 1 aromatic rings. The number of nitrogens with zero attached hydrogens (tertiary/aromatic N) is 3. The van der Waals surface area contributed by atoms with Gasteiger partial charge in [-0.3, -0.25) is 0 Å². The Morgan fingerprint density at radius 1 is 1.13 bits per heavy atom. The fourth-order valence-electron chi connectivity index (χ4n) is 2.08. The van der Waals surface area contributed by atoms with E-state index in [1.807, 2.05) is 18.5 Å². The third-order valence-corrected chi connectivity index (χ3v) is 3.18. The zero-order valence-corrected chi connectivity index (χ0v) is 9.61. The summed E-state index contributed by atoms with van der Waals surface area (Å²) in [6.07, 6.45) is 7.41. The van der Waals surface area contributed by atoms with Gasteiger partial charge in [0.05, 0.1) is 0 Å². The van der Waals surface area contributed by atoms with Crippen LogP contribution in [0.25, 0.3) is 0 Å². The maximum Gasteiger partial charge on any atom is 0.225 e. The van der Waals surface area contributed by atoms with Crippen LogP contribution < -0.4 is 4.90 Å². The Kier molecular flexibility index (Phi) is 2.89. The van der Waals surface area contributed by atoms with Crippen LogP contribution in [0, 0.1) is 5.41 Å². The van der Waals surface area contributed by atoms with Crippen molar-refractivity contribution in [2.45, 2.75) is 33.1 Å². The molecule has 0 bridgehead atoms. The van der Waals surface area contributed by atoms with Crippen molar-refractivity contribution in [1.82, 2.24) is 9.97 Å². The van der Waals surface area contributed by atoms with E-state index >= 15 is 0 Å². The Bertz CT molecular complexity index is 308. The lowest BCUT2D eigenvalue weighted by Gasteiger charge is -2.23. The van der Waals surface area contributed by atoms with Crippen LogP contribution in [0.3, 0.4) is 0 Å². The van der Waals surface area contributed by atoms with Crippen molar-refractivity contribution >= 4 is 5.95 Å². The highest BCUT2D eigenvalue weighted by Crippen LogP contribution is 2.30. The van der Waals surface area contributed by atoms with Gasteiger partial charge in [-0.1, -0.05) is 13.8 Å². The predicted octanol–water partition coefficient (Wildman–Crippen LogP) is 2.49. The molecule has 0 saturated carbocycles. The normalized spacial score (nSPS) is 21.1. The molecule has 1 aliphatic heterocycles. The Labute approximate surface area is 91.5 Å². The van der Waals surface area contributed by atoms with Crippen LogP contribution in [0.2, 0.25) is 0 Å². The molecule has 2 rings (SSSR count). The fourth-order valence-corrected chi connectivity index (χ4v) is 2.08. The molecule has 3 heteroatoms. The van der Waals surface area contributed by atoms with Crippen LogP contribution in [-0.4, -0.2) is 23.1 Å². The summed E-state index contributed by atoms with van der Waals surface area (Å²) in [5.41, 5.74) is 0.476. The third-order valence-electron chi connectivity index (χ3n) is 3.18. The summed E-state index contributed by atoms with van der Waals surface area (Å²) in [6, 6.07) is 1.87. The molecular formula is C12H19N3. The van der Waals surface area contributed by atoms with Gasteiger partial charge in [-0.2, -0.15) is 0 Å². The second-order valence-corrected chi connectivity index (χ2v) is 5.05. The second kappa shape index (κ2) is 4.17. The number of rotatable bonds is 1. The molecule has 0 amide bonds. The van der Waals surface area contributed by atoms with Gasteiger partial charge in [-0.05, 0) is 30.7 Å². The molecule has 0 aromatic carbocycles. The standard InChI is InChI=1S/C12H19N3/c1-12(2)5-3-9-15(10-6-12)11-13-7-4-8-14-11/h4,7-8H,3,5-6,9-10H2,1-2H3. The third kappa shape index (κ3) is 2.67. The van der Waals surface area contributed by atoms with Gasteiger partial charge in [-0.15, -0.1) is 0 Å². The van der Waals surface area contributed by atoms with Crippen molar-refractivity contribution < 1.29 is 0 Å². The molecule has 0 atom stereocenters. The summed E-state index contributed by atoms with van der Waals surface area (Å²) in [5.74, 6) is 0.884. The van der Waals surface area contributed by atoms with Gasteiger partial charge in [0.1, 0.15) is 0 Å². The maximum absolute atomic E-state index is 4.31. The fraction of sp³-hybridized carbons (Fsp3) is 0.667. The largest absolute Gasteiger partial charge is 0.341 e. The first-order valence-electron chi connectivity index (χ1n) is 5.69. The minimum atomic E-state index is 0.476. The van der Waals surface area contributed by atoms with E-state index < -0.39 is 0 Å². The van der Waals surface area contributed by atoms with Crippen molar-refractivity contribution in [1.29, 1.82) is 0 Å². The van der Waals surface area contributed by atoms with Crippen molar-refractivity contribution in [3.8, 4) is 0 Å². The van der Waals surface area contributed by atoms with Crippen LogP contribution in [0.4, 0.5) is 5.95 Å². The Balaban J connectivity index is 2.06. The smallest absolute Gasteiger partial charge is 0.225 e. The molecule has 1 aliphatic rings. The van der Waals surface area contributed by atoms with Crippen molar-refractivity contribution in [2.24, 2.45) is 5.41 Å². The molecule has 0 spiro atoms. The number of aromatic nitrogens is 2. The van der Waals surface area contributed by atoms with Crippen LogP contribution in [0.1, 0.15) is 33.1 Å². The topological polar surface area (TPSA) is 29.0 Å². The Morgan fingerprint density at radius 2 is 1.87 bits per heavy atom. The zero-order chi connectivity index (χ0) is 10.7. The molecule has 2 heterocycles. The number of hydrogen-bond acceptors (Lipinski definition) is 3. The quantitative estimate of drug-likeness (QED) is 0.705. The average Bonchev–Trinajstić information content (AvgIpc) is 2.41. The van der Waals surface area contributed by atoms with E-state index in [0.717, 1.165) is 19.0 Å². The minimum absolute atomic E-state index is 0.476. The Morgan fingerprint density at radius 3 is 2.60 bits per heavy atom. The highest BCUT2D eigenvalue weighted by Gasteiger charge is 2.23. The first-order chi connectivity index (χ1) is 7.17. The lowest BCUT2D eigenvalue weighted by molar-refractivity contribution is 0.325. The van der Waals surface area contributed by atoms with Crippen molar-refractivity contribution in [2.75, 3.05) is 18.0 Å². The number of anilines is 1. The lowest BCUT2D eigenvalue weighted by Crippen LogP contribution is -2.26. The molecule has 1 fully saturated rings. The van der Waals surface area contributed by atoms with Gasteiger partial charge in [0, 0.05) is 25.5 Å². The van der Waals surface area contributed by atoms with Crippen LogP contribution >= 0.6 is 0 Å². The van der Waals surface area contributed by atoms with Gasteiger partial charge in [0.25, 0.3) is 0 Å². The van der Waals surface area contributed by atoms with Crippen LogP contribution in [-0.2, 0) is 0 Å². The van der Waals surface area contributed by atoms with Crippen LogP contribution in [0.5, 0.6) is 0 Å². The van der Waals surface area contributed by atoms with E-state index in [-0.39, 0.29) is 0 Å². The van der Waals surface area contributed by atoms with E-state index in [2.05, 4.69) is 28.7 Å². The molecule has 0 aliphatic carbocycles. The van der Waals surface area contributed by atoms with Crippen LogP contribution in [0.15, 0.2) is 18.5 Å². The molecule has 0 N–H and O–H groups in total.